The van der Waals surface area contributed by atoms with E-state index in [4.69, 9.17) is 14.4 Å². The standard InChI is InChI=1S/C38H28N2O2/c1-25(26-10-4-2-5-11-26)31-18-20-34(39-24-31)30-15-8-14-29(22-30)32-16-9-17-36-37(32)40-38(42-36)33-23-28(19-21-35(33)41)27-12-6-3-7-13-27/h2-25,41H,1H3. The van der Waals surface area contributed by atoms with Crippen LogP contribution in [0.1, 0.15) is 24.0 Å². The molecule has 202 valence electrons. The van der Waals surface area contributed by atoms with Crippen molar-refractivity contribution in [3.63, 3.8) is 0 Å². The van der Waals surface area contributed by atoms with E-state index < -0.39 is 0 Å². The zero-order valence-corrected chi connectivity index (χ0v) is 23.1. The summed E-state index contributed by atoms with van der Waals surface area (Å²) in [5, 5.41) is 10.7. The molecule has 7 aromatic rings. The van der Waals surface area contributed by atoms with Crippen LogP contribution in [0.2, 0.25) is 0 Å². The molecule has 5 aromatic carbocycles. The van der Waals surface area contributed by atoms with Crippen molar-refractivity contribution in [2.75, 3.05) is 0 Å². The first kappa shape index (κ1) is 25.5. The summed E-state index contributed by atoms with van der Waals surface area (Å²) in [4.78, 5) is 9.69. The summed E-state index contributed by atoms with van der Waals surface area (Å²) in [6.07, 6.45) is 1.97. The summed E-state index contributed by atoms with van der Waals surface area (Å²) in [6, 6.07) is 44.6. The number of rotatable bonds is 6. The molecule has 0 spiro atoms. The maximum atomic E-state index is 10.7. The van der Waals surface area contributed by atoms with Crippen LogP contribution in [-0.2, 0) is 0 Å². The van der Waals surface area contributed by atoms with Crippen LogP contribution in [0.3, 0.4) is 0 Å². The SMILES string of the molecule is CC(c1ccccc1)c1ccc(-c2cccc(-c3cccc4oc(-c5cc(-c6ccccc6)ccc5O)nc34)c2)nc1. The van der Waals surface area contributed by atoms with Crippen LogP contribution in [-0.4, -0.2) is 15.1 Å². The van der Waals surface area contributed by atoms with Gasteiger partial charge in [-0.1, -0.05) is 110 Å². The number of aromatic nitrogens is 2. The molecular weight excluding hydrogens is 516 g/mol. The van der Waals surface area contributed by atoms with Crippen molar-refractivity contribution < 1.29 is 9.52 Å². The molecule has 0 aliphatic rings. The van der Waals surface area contributed by atoms with Crippen molar-refractivity contribution in [2.45, 2.75) is 12.8 Å². The summed E-state index contributed by atoms with van der Waals surface area (Å²) in [7, 11) is 0. The normalized spacial score (nSPS) is 11.9. The molecule has 0 radical (unpaired) electrons. The van der Waals surface area contributed by atoms with Crippen molar-refractivity contribution in [3.8, 4) is 50.7 Å². The highest BCUT2D eigenvalue weighted by Crippen LogP contribution is 2.38. The smallest absolute Gasteiger partial charge is 0.231 e. The Morgan fingerprint density at radius 2 is 1.33 bits per heavy atom. The van der Waals surface area contributed by atoms with E-state index in [1.54, 1.807) is 6.07 Å². The summed E-state index contributed by atoms with van der Waals surface area (Å²) in [5.41, 5.74) is 10.4. The van der Waals surface area contributed by atoms with E-state index >= 15 is 0 Å². The number of nitrogens with zero attached hydrogens (tertiary/aromatic N) is 2. The maximum absolute atomic E-state index is 10.7. The van der Waals surface area contributed by atoms with Gasteiger partial charge in [-0.05, 0) is 58.1 Å². The van der Waals surface area contributed by atoms with Gasteiger partial charge >= 0.3 is 0 Å². The Labute approximate surface area is 244 Å². The van der Waals surface area contributed by atoms with Gasteiger partial charge in [-0.25, -0.2) is 4.98 Å². The van der Waals surface area contributed by atoms with Crippen LogP contribution >= 0.6 is 0 Å². The molecular formula is C38H28N2O2. The molecule has 2 aromatic heterocycles. The molecule has 1 atom stereocenters. The summed E-state index contributed by atoms with van der Waals surface area (Å²) in [6.45, 7) is 2.21. The number of benzene rings is 5. The first-order chi connectivity index (χ1) is 20.6. The Kier molecular flexibility index (Phi) is 6.57. The van der Waals surface area contributed by atoms with Crippen molar-refractivity contribution in [1.29, 1.82) is 0 Å². The molecule has 0 amide bonds. The van der Waals surface area contributed by atoms with E-state index in [9.17, 15) is 5.11 Å². The highest BCUT2D eigenvalue weighted by molar-refractivity contribution is 5.93. The van der Waals surface area contributed by atoms with Crippen molar-refractivity contribution in [1.82, 2.24) is 9.97 Å². The monoisotopic (exact) mass is 544 g/mol. The number of phenols is 1. The van der Waals surface area contributed by atoms with Crippen molar-refractivity contribution >= 4 is 11.1 Å². The molecule has 0 saturated carbocycles. The van der Waals surface area contributed by atoms with Crippen LogP contribution < -0.4 is 0 Å². The lowest BCUT2D eigenvalue weighted by Gasteiger charge is -2.13. The van der Waals surface area contributed by atoms with Crippen LogP contribution in [0.15, 0.2) is 144 Å². The first-order valence-electron chi connectivity index (χ1n) is 14.0. The van der Waals surface area contributed by atoms with Gasteiger partial charge in [-0.15, -0.1) is 0 Å². The minimum atomic E-state index is 0.126. The number of hydrogen-bond donors (Lipinski definition) is 1. The summed E-state index contributed by atoms with van der Waals surface area (Å²) >= 11 is 0. The largest absolute Gasteiger partial charge is 0.507 e. The Morgan fingerprint density at radius 1 is 0.595 bits per heavy atom. The minimum Gasteiger partial charge on any atom is -0.507 e. The quantitative estimate of drug-likeness (QED) is 0.226. The van der Waals surface area contributed by atoms with Crippen LogP contribution in [0, 0.1) is 0 Å². The average Bonchev–Trinajstić information content (AvgIpc) is 3.50. The summed E-state index contributed by atoms with van der Waals surface area (Å²) in [5.74, 6) is 0.778. The van der Waals surface area contributed by atoms with E-state index in [0.717, 1.165) is 39.0 Å². The van der Waals surface area contributed by atoms with E-state index in [1.165, 1.54) is 11.1 Å². The van der Waals surface area contributed by atoms with Gasteiger partial charge in [0.15, 0.2) is 5.58 Å². The second-order valence-corrected chi connectivity index (χ2v) is 10.5. The van der Waals surface area contributed by atoms with Gasteiger partial charge in [0.25, 0.3) is 0 Å². The molecule has 4 nitrogen and oxygen atoms in total. The highest BCUT2D eigenvalue weighted by atomic mass is 16.3. The average molecular weight is 545 g/mol. The molecule has 0 saturated heterocycles. The van der Waals surface area contributed by atoms with Gasteiger partial charge in [0.1, 0.15) is 11.3 Å². The topological polar surface area (TPSA) is 59.2 Å². The number of aromatic hydroxyl groups is 1. The van der Waals surface area contributed by atoms with E-state index in [1.807, 2.05) is 79.0 Å². The highest BCUT2D eigenvalue weighted by Gasteiger charge is 2.17. The minimum absolute atomic E-state index is 0.126. The van der Waals surface area contributed by atoms with E-state index in [0.29, 0.717) is 17.0 Å². The first-order valence-corrected chi connectivity index (χ1v) is 14.0. The Morgan fingerprint density at radius 3 is 2.12 bits per heavy atom. The number of pyridine rings is 1. The molecule has 2 heterocycles. The Balaban J connectivity index is 1.23. The van der Waals surface area contributed by atoms with Gasteiger partial charge in [0.05, 0.1) is 11.3 Å². The lowest BCUT2D eigenvalue weighted by molar-refractivity contribution is 0.474. The van der Waals surface area contributed by atoms with Gasteiger partial charge in [0, 0.05) is 23.2 Å². The Hall–Kier alpha value is -5.48. The third-order valence-electron chi connectivity index (χ3n) is 7.81. The fourth-order valence-corrected chi connectivity index (χ4v) is 5.43. The third-order valence-corrected chi connectivity index (χ3v) is 7.81. The molecule has 1 N–H and O–H groups in total. The molecule has 0 fully saturated rings. The second kappa shape index (κ2) is 10.8. The zero-order valence-electron chi connectivity index (χ0n) is 23.1. The second-order valence-electron chi connectivity index (χ2n) is 10.5. The molecule has 4 heteroatoms. The molecule has 0 aliphatic heterocycles. The fourth-order valence-electron chi connectivity index (χ4n) is 5.43. The third kappa shape index (κ3) is 4.84. The van der Waals surface area contributed by atoms with Gasteiger partial charge in [0.2, 0.25) is 5.89 Å². The van der Waals surface area contributed by atoms with Crippen molar-refractivity contribution in [2.24, 2.45) is 0 Å². The number of phenolic OH excluding ortho intramolecular Hbond substituents is 1. The number of fused-ring (bicyclic) bond motifs is 1. The summed E-state index contributed by atoms with van der Waals surface area (Å²) < 4.78 is 6.19. The number of oxazole rings is 1. The van der Waals surface area contributed by atoms with E-state index in [-0.39, 0.29) is 11.7 Å². The van der Waals surface area contributed by atoms with Crippen molar-refractivity contribution in [3.05, 3.63) is 151 Å². The number of para-hydroxylation sites is 1. The van der Waals surface area contributed by atoms with E-state index in [2.05, 4.69) is 61.5 Å². The van der Waals surface area contributed by atoms with Crippen LogP contribution in [0.5, 0.6) is 5.75 Å². The molecule has 0 bridgehead atoms. The van der Waals surface area contributed by atoms with Crippen LogP contribution in [0.4, 0.5) is 0 Å². The van der Waals surface area contributed by atoms with Gasteiger partial charge in [-0.2, -0.15) is 0 Å². The zero-order chi connectivity index (χ0) is 28.5. The number of hydrogen-bond acceptors (Lipinski definition) is 4. The van der Waals surface area contributed by atoms with Crippen LogP contribution in [0.25, 0.3) is 56.1 Å². The lowest BCUT2D eigenvalue weighted by atomic mass is 9.94. The predicted octanol–water partition coefficient (Wildman–Crippen LogP) is 9.75. The van der Waals surface area contributed by atoms with Gasteiger partial charge < -0.3 is 9.52 Å². The van der Waals surface area contributed by atoms with Gasteiger partial charge in [-0.3, -0.25) is 4.98 Å². The predicted molar refractivity (Wildman–Crippen MR) is 169 cm³/mol. The lowest BCUT2D eigenvalue weighted by Crippen LogP contribution is -1.97. The molecule has 0 aliphatic carbocycles. The molecule has 7 rings (SSSR count). The fraction of sp³-hybridized carbons (Fsp3) is 0.0526. The molecule has 42 heavy (non-hydrogen) atoms. The Bertz CT molecular complexity index is 2000. The molecule has 1 unspecified atom stereocenters. The maximum Gasteiger partial charge on any atom is 0.231 e.